The first kappa shape index (κ1) is 21.8. The predicted molar refractivity (Wildman–Crippen MR) is 119 cm³/mol. The summed E-state index contributed by atoms with van der Waals surface area (Å²) < 4.78 is 26.5. The molecule has 5 nitrogen and oxygen atoms in total. The van der Waals surface area contributed by atoms with Crippen molar-refractivity contribution in [3.8, 4) is 11.3 Å². The van der Waals surface area contributed by atoms with E-state index in [1.165, 1.54) is 23.0 Å². The molecule has 1 aliphatic rings. The summed E-state index contributed by atoms with van der Waals surface area (Å²) in [6, 6.07) is 11.5. The van der Waals surface area contributed by atoms with Crippen LogP contribution < -0.4 is 5.32 Å². The van der Waals surface area contributed by atoms with E-state index in [0.717, 1.165) is 49.9 Å². The van der Waals surface area contributed by atoms with Gasteiger partial charge in [-0.15, -0.1) is 11.3 Å². The number of halogens is 3. The molecule has 0 saturated carbocycles. The van der Waals surface area contributed by atoms with Crippen LogP contribution in [-0.4, -0.2) is 53.4 Å². The number of nitrogens with one attached hydrogen (secondary N) is 1. The molecule has 4 rings (SSSR count). The van der Waals surface area contributed by atoms with Crippen LogP contribution in [-0.2, 0) is 11.3 Å². The maximum absolute atomic E-state index is 13.4. The smallest absolute Gasteiger partial charge is 0.240 e. The first-order valence-electron chi connectivity index (χ1n) is 9.86. The molecule has 3 aromatic rings. The minimum Gasteiger partial charge on any atom is -0.301 e. The third kappa shape index (κ3) is 5.86. The van der Waals surface area contributed by atoms with Gasteiger partial charge in [0.25, 0.3) is 0 Å². The summed E-state index contributed by atoms with van der Waals surface area (Å²) in [7, 11) is 0. The minimum absolute atomic E-state index is 0.141. The normalized spacial score (nSPS) is 15.2. The highest BCUT2D eigenvalue weighted by molar-refractivity contribution is 7.14. The lowest BCUT2D eigenvalue weighted by molar-refractivity contribution is -0.117. The summed E-state index contributed by atoms with van der Waals surface area (Å²) in [4.78, 5) is 21.2. The maximum Gasteiger partial charge on any atom is 0.240 e. The molecule has 31 heavy (non-hydrogen) atoms. The Morgan fingerprint density at radius 1 is 1.03 bits per heavy atom. The molecule has 1 aliphatic heterocycles. The molecule has 1 amide bonds. The van der Waals surface area contributed by atoms with Gasteiger partial charge in [-0.2, -0.15) is 0 Å². The number of rotatable bonds is 6. The average Bonchev–Trinajstić information content (AvgIpc) is 3.21. The average molecular weight is 463 g/mol. The lowest BCUT2D eigenvalue weighted by Gasteiger charge is -2.34. The molecule has 1 saturated heterocycles. The molecule has 0 atom stereocenters. The Bertz CT molecular complexity index is 1050. The molecule has 9 heteroatoms. The summed E-state index contributed by atoms with van der Waals surface area (Å²) in [6.45, 7) is 4.52. The van der Waals surface area contributed by atoms with Gasteiger partial charge in [0, 0.05) is 48.7 Å². The van der Waals surface area contributed by atoms with E-state index in [0.29, 0.717) is 16.4 Å². The van der Waals surface area contributed by atoms with Gasteiger partial charge < -0.3 is 5.32 Å². The van der Waals surface area contributed by atoms with Crippen molar-refractivity contribution in [2.24, 2.45) is 0 Å². The van der Waals surface area contributed by atoms with Crippen LogP contribution in [0.4, 0.5) is 13.9 Å². The van der Waals surface area contributed by atoms with Crippen molar-refractivity contribution >= 4 is 34.0 Å². The van der Waals surface area contributed by atoms with E-state index in [1.807, 2.05) is 24.3 Å². The molecule has 1 fully saturated rings. The van der Waals surface area contributed by atoms with E-state index in [4.69, 9.17) is 11.6 Å². The van der Waals surface area contributed by atoms with Crippen LogP contribution in [0.2, 0.25) is 5.02 Å². The third-order valence-corrected chi connectivity index (χ3v) is 6.13. The number of carbonyl (C=O) groups excluding carboxylic acids is 1. The number of hydrogen-bond acceptors (Lipinski definition) is 5. The molecule has 0 spiro atoms. The molecule has 162 valence electrons. The summed E-state index contributed by atoms with van der Waals surface area (Å²) in [6.07, 6.45) is 0. The van der Waals surface area contributed by atoms with Crippen LogP contribution in [0.3, 0.4) is 0 Å². The Morgan fingerprint density at radius 3 is 2.45 bits per heavy atom. The second-order valence-corrected chi connectivity index (χ2v) is 8.69. The van der Waals surface area contributed by atoms with Crippen molar-refractivity contribution in [3.05, 3.63) is 70.1 Å². The molecular formula is C22H21ClF2N4OS. The fourth-order valence-corrected chi connectivity index (χ4v) is 4.30. The standard InChI is InChI=1S/C22H21ClF2N4OS/c23-17-4-1-15(2-5-17)12-28-7-9-29(10-8-28)13-21(30)27-22-26-20(14-31-22)16-3-6-18(24)19(25)11-16/h1-6,11,14H,7-10,12-13H2,(H,26,27,30). The predicted octanol–water partition coefficient (Wildman–Crippen LogP) is 4.50. The number of amides is 1. The summed E-state index contributed by atoms with van der Waals surface area (Å²) in [5.41, 5.74) is 2.18. The van der Waals surface area contributed by atoms with Gasteiger partial charge in [0.2, 0.25) is 5.91 Å². The minimum atomic E-state index is -0.925. The highest BCUT2D eigenvalue weighted by atomic mass is 35.5. The highest BCUT2D eigenvalue weighted by Crippen LogP contribution is 2.26. The van der Waals surface area contributed by atoms with Crippen molar-refractivity contribution in [2.45, 2.75) is 6.54 Å². The van der Waals surface area contributed by atoms with E-state index in [9.17, 15) is 13.6 Å². The number of hydrogen-bond donors (Lipinski definition) is 1. The zero-order valence-electron chi connectivity index (χ0n) is 16.7. The van der Waals surface area contributed by atoms with Gasteiger partial charge >= 0.3 is 0 Å². The Morgan fingerprint density at radius 2 is 1.74 bits per heavy atom. The molecule has 0 radical (unpaired) electrons. The summed E-state index contributed by atoms with van der Waals surface area (Å²) in [5, 5.41) is 5.67. The monoisotopic (exact) mass is 462 g/mol. The van der Waals surface area contributed by atoms with E-state index < -0.39 is 11.6 Å². The van der Waals surface area contributed by atoms with Crippen molar-refractivity contribution < 1.29 is 13.6 Å². The van der Waals surface area contributed by atoms with Crippen LogP contribution in [0.5, 0.6) is 0 Å². The van der Waals surface area contributed by atoms with Gasteiger partial charge in [-0.1, -0.05) is 23.7 Å². The van der Waals surface area contributed by atoms with Crippen LogP contribution >= 0.6 is 22.9 Å². The zero-order valence-corrected chi connectivity index (χ0v) is 18.2. The molecule has 2 heterocycles. The number of benzene rings is 2. The van der Waals surface area contributed by atoms with Crippen molar-refractivity contribution in [3.63, 3.8) is 0 Å². The van der Waals surface area contributed by atoms with E-state index in [2.05, 4.69) is 20.1 Å². The van der Waals surface area contributed by atoms with Gasteiger partial charge in [0.1, 0.15) is 0 Å². The quantitative estimate of drug-likeness (QED) is 0.586. The first-order chi connectivity index (χ1) is 15.0. The van der Waals surface area contributed by atoms with Crippen LogP contribution in [0.15, 0.2) is 47.8 Å². The number of nitrogens with zero attached hydrogens (tertiary/aromatic N) is 3. The molecule has 2 aromatic carbocycles. The van der Waals surface area contributed by atoms with Crippen molar-refractivity contribution in [1.82, 2.24) is 14.8 Å². The second-order valence-electron chi connectivity index (χ2n) is 7.39. The lowest BCUT2D eigenvalue weighted by atomic mass is 10.2. The lowest BCUT2D eigenvalue weighted by Crippen LogP contribution is -2.48. The number of piperazine rings is 1. The van der Waals surface area contributed by atoms with Crippen molar-refractivity contribution in [2.75, 3.05) is 38.0 Å². The SMILES string of the molecule is O=C(CN1CCN(Cc2ccc(Cl)cc2)CC1)Nc1nc(-c2ccc(F)c(F)c2)cs1. The highest BCUT2D eigenvalue weighted by Gasteiger charge is 2.19. The molecule has 0 bridgehead atoms. The molecule has 0 aliphatic carbocycles. The zero-order chi connectivity index (χ0) is 21.8. The Hall–Kier alpha value is -2.39. The fraction of sp³-hybridized carbons (Fsp3) is 0.273. The number of carbonyl (C=O) groups is 1. The van der Waals surface area contributed by atoms with Gasteiger partial charge in [0.15, 0.2) is 16.8 Å². The van der Waals surface area contributed by atoms with Gasteiger partial charge in [0.05, 0.1) is 12.2 Å². The summed E-state index contributed by atoms with van der Waals surface area (Å²) >= 11 is 7.19. The second kappa shape index (κ2) is 9.82. The topological polar surface area (TPSA) is 48.5 Å². The Kier molecular flexibility index (Phi) is 6.92. The summed E-state index contributed by atoms with van der Waals surface area (Å²) in [5.74, 6) is -1.97. The van der Waals surface area contributed by atoms with Crippen LogP contribution in [0.1, 0.15) is 5.56 Å². The number of anilines is 1. The maximum atomic E-state index is 13.4. The van der Waals surface area contributed by atoms with Gasteiger partial charge in [-0.05, 0) is 35.9 Å². The van der Waals surface area contributed by atoms with E-state index in [-0.39, 0.29) is 12.5 Å². The molecular weight excluding hydrogens is 442 g/mol. The first-order valence-corrected chi connectivity index (χ1v) is 11.1. The molecule has 1 aromatic heterocycles. The molecule has 0 unspecified atom stereocenters. The number of thiazole rings is 1. The van der Waals surface area contributed by atoms with Crippen molar-refractivity contribution in [1.29, 1.82) is 0 Å². The third-order valence-electron chi connectivity index (χ3n) is 5.12. The van der Waals surface area contributed by atoms with E-state index in [1.54, 1.807) is 5.38 Å². The molecule has 1 N–H and O–H groups in total. The fourth-order valence-electron chi connectivity index (χ4n) is 3.43. The van der Waals surface area contributed by atoms with Crippen LogP contribution in [0.25, 0.3) is 11.3 Å². The Balaban J connectivity index is 1.25. The van der Waals surface area contributed by atoms with Crippen LogP contribution in [0, 0.1) is 11.6 Å². The van der Waals surface area contributed by atoms with Gasteiger partial charge in [-0.3, -0.25) is 14.6 Å². The Labute approximate surface area is 188 Å². The number of aromatic nitrogens is 1. The largest absolute Gasteiger partial charge is 0.301 e. The van der Waals surface area contributed by atoms with Gasteiger partial charge in [-0.25, -0.2) is 13.8 Å². The van der Waals surface area contributed by atoms with E-state index >= 15 is 0 Å².